The average Bonchev–Trinajstić information content (AvgIpc) is 2.17. The summed E-state index contributed by atoms with van der Waals surface area (Å²) in [7, 11) is 0. The molecule has 0 atom stereocenters. The lowest BCUT2D eigenvalue weighted by molar-refractivity contribution is 0.840. The number of nitrogens with zero attached hydrogens (tertiary/aromatic N) is 1. The zero-order valence-electron chi connectivity index (χ0n) is 7.17. The van der Waals surface area contributed by atoms with Gasteiger partial charge in [-0.2, -0.15) is 0 Å². The van der Waals surface area contributed by atoms with E-state index >= 15 is 0 Å². The minimum atomic E-state index is 0.906. The molecule has 0 radical (unpaired) electrons. The Bertz CT molecular complexity index is 316. The molecule has 2 nitrogen and oxygen atoms in total. The van der Waals surface area contributed by atoms with Crippen molar-refractivity contribution in [3.63, 3.8) is 0 Å². The van der Waals surface area contributed by atoms with E-state index in [0.717, 1.165) is 18.7 Å². The minimum Gasteiger partial charge on any atom is -0.387 e. The molecule has 1 aromatic heterocycles. The van der Waals surface area contributed by atoms with E-state index < -0.39 is 0 Å². The summed E-state index contributed by atoms with van der Waals surface area (Å²) in [5, 5.41) is 3.16. The zero-order valence-corrected chi connectivity index (χ0v) is 7.17. The lowest BCUT2D eigenvalue weighted by Gasteiger charge is -2.11. The second-order valence-corrected chi connectivity index (χ2v) is 2.91. The van der Waals surface area contributed by atoms with Gasteiger partial charge in [-0.1, -0.05) is 13.0 Å². The summed E-state index contributed by atoms with van der Waals surface area (Å²) >= 11 is 0. The Labute approximate surface area is 72.3 Å². The predicted octanol–water partition coefficient (Wildman–Crippen LogP) is 1.72. The summed E-state index contributed by atoms with van der Waals surface area (Å²) in [6.45, 7) is 3.03. The summed E-state index contributed by atoms with van der Waals surface area (Å²) in [6, 6.07) is 4.25. The fourth-order valence-electron chi connectivity index (χ4n) is 1.34. The van der Waals surface area contributed by atoms with Crippen LogP contribution in [0.1, 0.15) is 23.9 Å². The highest BCUT2D eigenvalue weighted by atomic mass is 14.9. The second-order valence-electron chi connectivity index (χ2n) is 2.91. The summed E-state index contributed by atoms with van der Waals surface area (Å²) < 4.78 is 0. The van der Waals surface area contributed by atoms with Crippen molar-refractivity contribution in [2.75, 3.05) is 0 Å². The second kappa shape index (κ2) is 2.97. The molecule has 0 aliphatic carbocycles. The maximum atomic E-state index is 4.50. The molecular formula is C10H12N2. The van der Waals surface area contributed by atoms with Crippen LogP contribution in [-0.4, -0.2) is 4.98 Å². The van der Waals surface area contributed by atoms with Crippen molar-refractivity contribution in [1.82, 2.24) is 10.3 Å². The Hall–Kier alpha value is -1.31. The first-order chi connectivity index (χ1) is 5.90. The number of pyridine rings is 1. The van der Waals surface area contributed by atoms with Crippen molar-refractivity contribution in [2.24, 2.45) is 0 Å². The number of rotatable bonds is 1. The molecule has 1 aromatic rings. The third-order valence-electron chi connectivity index (χ3n) is 2.08. The van der Waals surface area contributed by atoms with Crippen LogP contribution in [0.4, 0.5) is 0 Å². The van der Waals surface area contributed by atoms with Crippen LogP contribution in [0, 0.1) is 0 Å². The molecule has 0 amide bonds. The SMILES string of the molecule is CCc1ccc2c(n1)C=CNC2. The molecule has 0 fully saturated rings. The lowest BCUT2D eigenvalue weighted by Crippen LogP contribution is -2.11. The van der Waals surface area contributed by atoms with Gasteiger partial charge in [0.1, 0.15) is 0 Å². The molecule has 0 spiro atoms. The number of hydrogen-bond donors (Lipinski definition) is 1. The van der Waals surface area contributed by atoms with E-state index in [1.54, 1.807) is 0 Å². The van der Waals surface area contributed by atoms with Crippen molar-refractivity contribution in [2.45, 2.75) is 19.9 Å². The fraction of sp³-hybridized carbons (Fsp3) is 0.300. The molecule has 2 rings (SSSR count). The Kier molecular flexibility index (Phi) is 1.82. The highest BCUT2D eigenvalue weighted by Gasteiger charge is 2.04. The summed E-state index contributed by atoms with van der Waals surface area (Å²) in [4.78, 5) is 4.50. The predicted molar refractivity (Wildman–Crippen MR) is 49.5 cm³/mol. The van der Waals surface area contributed by atoms with Gasteiger partial charge in [0.25, 0.3) is 0 Å². The molecule has 0 aromatic carbocycles. The summed E-state index contributed by atoms with van der Waals surface area (Å²) in [6.07, 6.45) is 4.99. The van der Waals surface area contributed by atoms with Gasteiger partial charge in [-0.15, -0.1) is 0 Å². The molecule has 0 saturated carbocycles. The van der Waals surface area contributed by atoms with E-state index in [0.29, 0.717) is 0 Å². The molecule has 2 heterocycles. The molecule has 1 aliphatic rings. The van der Waals surface area contributed by atoms with Gasteiger partial charge in [-0.25, -0.2) is 0 Å². The third-order valence-corrected chi connectivity index (χ3v) is 2.08. The highest BCUT2D eigenvalue weighted by molar-refractivity contribution is 5.51. The van der Waals surface area contributed by atoms with Gasteiger partial charge in [-0.3, -0.25) is 4.98 Å². The number of fused-ring (bicyclic) bond motifs is 1. The first kappa shape index (κ1) is 7.35. The van der Waals surface area contributed by atoms with E-state index in [2.05, 4.69) is 29.4 Å². The molecule has 2 heteroatoms. The molecule has 0 unspecified atom stereocenters. The molecule has 1 N–H and O–H groups in total. The van der Waals surface area contributed by atoms with E-state index in [1.165, 1.54) is 11.3 Å². The number of nitrogens with one attached hydrogen (secondary N) is 1. The van der Waals surface area contributed by atoms with Gasteiger partial charge in [0.2, 0.25) is 0 Å². The molecule has 62 valence electrons. The third kappa shape index (κ3) is 1.20. The maximum absolute atomic E-state index is 4.50. The van der Waals surface area contributed by atoms with Crippen LogP contribution in [0.2, 0.25) is 0 Å². The Morgan fingerprint density at radius 2 is 2.42 bits per heavy atom. The Morgan fingerprint density at radius 1 is 1.50 bits per heavy atom. The van der Waals surface area contributed by atoms with Crippen LogP contribution in [0.15, 0.2) is 18.3 Å². The Morgan fingerprint density at radius 3 is 3.25 bits per heavy atom. The van der Waals surface area contributed by atoms with Crippen molar-refractivity contribution in [1.29, 1.82) is 0 Å². The maximum Gasteiger partial charge on any atom is 0.0697 e. The van der Waals surface area contributed by atoms with E-state index in [1.807, 2.05) is 12.3 Å². The van der Waals surface area contributed by atoms with Crippen LogP contribution in [0.25, 0.3) is 6.08 Å². The molecule has 0 saturated heterocycles. The molecule has 12 heavy (non-hydrogen) atoms. The number of aryl methyl sites for hydroxylation is 1. The van der Waals surface area contributed by atoms with Gasteiger partial charge in [0, 0.05) is 12.2 Å². The van der Waals surface area contributed by atoms with Crippen LogP contribution < -0.4 is 5.32 Å². The largest absolute Gasteiger partial charge is 0.387 e. The lowest BCUT2D eigenvalue weighted by atomic mass is 10.1. The van der Waals surface area contributed by atoms with Crippen LogP contribution >= 0.6 is 0 Å². The van der Waals surface area contributed by atoms with Gasteiger partial charge < -0.3 is 5.32 Å². The summed E-state index contributed by atoms with van der Waals surface area (Å²) in [5.41, 5.74) is 3.57. The average molecular weight is 160 g/mol. The molecule has 0 bridgehead atoms. The van der Waals surface area contributed by atoms with Gasteiger partial charge in [-0.05, 0) is 30.3 Å². The van der Waals surface area contributed by atoms with Gasteiger partial charge in [0.05, 0.1) is 5.69 Å². The fourth-order valence-corrected chi connectivity index (χ4v) is 1.34. The zero-order chi connectivity index (χ0) is 8.39. The Balaban J connectivity index is 2.44. The van der Waals surface area contributed by atoms with E-state index in [4.69, 9.17) is 0 Å². The van der Waals surface area contributed by atoms with Crippen molar-refractivity contribution >= 4 is 6.08 Å². The standard InChI is InChI=1S/C10H12N2/c1-2-9-4-3-8-7-11-6-5-10(8)12-9/h3-6,11H,2,7H2,1H3. The quantitative estimate of drug-likeness (QED) is 0.676. The number of aromatic nitrogens is 1. The van der Waals surface area contributed by atoms with Crippen LogP contribution in [-0.2, 0) is 13.0 Å². The first-order valence-electron chi connectivity index (χ1n) is 4.29. The summed E-state index contributed by atoms with van der Waals surface area (Å²) in [5.74, 6) is 0. The molecule has 1 aliphatic heterocycles. The van der Waals surface area contributed by atoms with Crippen molar-refractivity contribution < 1.29 is 0 Å². The smallest absolute Gasteiger partial charge is 0.0697 e. The molecular weight excluding hydrogens is 148 g/mol. The van der Waals surface area contributed by atoms with Gasteiger partial charge in [0.15, 0.2) is 0 Å². The van der Waals surface area contributed by atoms with Crippen molar-refractivity contribution in [3.05, 3.63) is 35.3 Å². The number of hydrogen-bond acceptors (Lipinski definition) is 2. The van der Waals surface area contributed by atoms with Crippen LogP contribution in [0.3, 0.4) is 0 Å². The highest BCUT2D eigenvalue weighted by Crippen LogP contribution is 2.12. The minimum absolute atomic E-state index is 0.906. The first-order valence-corrected chi connectivity index (χ1v) is 4.29. The van der Waals surface area contributed by atoms with E-state index in [9.17, 15) is 0 Å². The monoisotopic (exact) mass is 160 g/mol. The topological polar surface area (TPSA) is 24.9 Å². The van der Waals surface area contributed by atoms with Crippen molar-refractivity contribution in [3.8, 4) is 0 Å². The van der Waals surface area contributed by atoms with Gasteiger partial charge >= 0.3 is 0 Å². The van der Waals surface area contributed by atoms with Crippen LogP contribution in [0.5, 0.6) is 0 Å². The normalized spacial score (nSPS) is 13.8. The van der Waals surface area contributed by atoms with E-state index in [-0.39, 0.29) is 0 Å².